The second kappa shape index (κ2) is 8.92. The van der Waals surface area contributed by atoms with Gasteiger partial charge < -0.3 is 0 Å². The summed E-state index contributed by atoms with van der Waals surface area (Å²) >= 11 is 12.5. The molecule has 1 aliphatic rings. The lowest BCUT2D eigenvalue weighted by Gasteiger charge is -2.38. The quantitative estimate of drug-likeness (QED) is 0.216. The molecule has 0 unspecified atom stereocenters. The van der Waals surface area contributed by atoms with E-state index in [9.17, 15) is 4.79 Å². The van der Waals surface area contributed by atoms with Crippen molar-refractivity contribution in [2.24, 2.45) is 0 Å². The summed E-state index contributed by atoms with van der Waals surface area (Å²) < 4.78 is 0. The smallest absolute Gasteiger partial charge is 0.195 e. The average Bonchev–Trinajstić information content (AvgIpc) is 3.25. The summed E-state index contributed by atoms with van der Waals surface area (Å²) in [5.74, 6) is 0. The van der Waals surface area contributed by atoms with Crippen LogP contribution in [-0.4, -0.2) is 15.0 Å². The lowest BCUT2D eigenvalue weighted by Crippen LogP contribution is -2.49. The van der Waals surface area contributed by atoms with Gasteiger partial charge in [-0.15, -0.1) is 0 Å². The first-order chi connectivity index (χ1) is 18.6. The first-order valence-corrected chi connectivity index (χ1v) is 15.1. The molecule has 7 rings (SSSR count). The van der Waals surface area contributed by atoms with Crippen LogP contribution >= 0.6 is 31.3 Å². The van der Waals surface area contributed by atoms with E-state index in [1.54, 1.807) is 0 Å². The fourth-order valence-electron chi connectivity index (χ4n) is 5.95. The molecule has 0 saturated heterocycles. The highest BCUT2D eigenvalue weighted by atomic mass is 32.1. The second-order valence-electron chi connectivity index (χ2n) is 9.47. The molecule has 180 valence electrons. The highest BCUT2D eigenvalue weighted by Crippen LogP contribution is 2.50. The van der Waals surface area contributed by atoms with Crippen molar-refractivity contribution in [3.8, 4) is 0 Å². The van der Waals surface area contributed by atoms with Gasteiger partial charge in [-0.3, -0.25) is 4.79 Å². The molecule has 1 saturated carbocycles. The highest BCUT2D eigenvalue weighted by molar-refractivity contribution is 8.05. The third-order valence-electron chi connectivity index (χ3n) is 7.55. The Kier molecular flexibility index (Phi) is 5.49. The Bertz CT molecular complexity index is 1940. The average molecular weight is 541 g/mol. The molecule has 38 heavy (non-hydrogen) atoms. The van der Waals surface area contributed by atoms with Gasteiger partial charge in [0, 0.05) is 26.9 Å². The number of rotatable bonds is 3. The van der Waals surface area contributed by atoms with E-state index in [0.717, 1.165) is 32.4 Å². The van der Waals surface area contributed by atoms with Crippen molar-refractivity contribution >= 4 is 89.4 Å². The molecule has 0 radical (unpaired) electrons. The Morgan fingerprint density at radius 1 is 0.500 bits per heavy atom. The monoisotopic (exact) mass is 540 g/mol. The van der Waals surface area contributed by atoms with Crippen LogP contribution in [0.2, 0.25) is 0 Å². The van der Waals surface area contributed by atoms with E-state index in [1.165, 1.54) is 15.9 Å². The zero-order valence-electron chi connectivity index (χ0n) is 20.3. The van der Waals surface area contributed by atoms with Gasteiger partial charge in [-0.1, -0.05) is 152 Å². The molecule has 1 fully saturated rings. The molecule has 1 nitrogen and oxygen atoms in total. The lowest BCUT2D eigenvalue weighted by atomic mass is 9.89. The molecule has 0 aliphatic heterocycles. The minimum atomic E-state index is -2.41. The van der Waals surface area contributed by atoms with Crippen LogP contribution in [0.25, 0.3) is 27.1 Å². The molecule has 4 heteroatoms. The van der Waals surface area contributed by atoms with Crippen molar-refractivity contribution in [2.75, 3.05) is 0 Å². The van der Waals surface area contributed by atoms with E-state index in [-0.39, 0.29) is 5.43 Å². The Morgan fingerprint density at radius 3 is 1.42 bits per heavy atom. The SMILES string of the molecule is O=c1c(=C2C(=S)C(=P(c3ccccc3)(c3ccccc3)c3ccccc3)C2=S)c2cccc3cccc1c32. The molecular weight excluding hydrogens is 519 g/mol. The van der Waals surface area contributed by atoms with Gasteiger partial charge in [0.05, 0.1) is 9.73 Å². The molecule has 0 atom stereocenters. The Balaban J connectivity index is 1.66. The molecule has 0 N–H and O–H groups in total. The van der Waals surface area contributed by atoms with Gasteiger partial charge >= 0.3 is 0 Å². The fraction of sp³-hybridized carbons (Fsp3) is 0. The van der Waals surface area contributed by atoms with Crippen LogP contribution in [0.5, 0.6) is 0 Å². The molecule has 0 amide bonds. The van der Waals surface area contributed by atoms with Crippen LogP contribution < -0.4 is 26.6 Å². The molecule has 0 bridgehead atoms. The van der Waals surface area contributed by atoms with E-state index in [2.05, 4.69) is 84.9 Å². The van der Waals surface area contributed by atoms with Gasteiger partial charge in [-0.2, -0.15) is 0 Å². The molecule has 0 aromatic heterocycles. The van der Waals surface area contributed by atoms with Crippen molar-refractivity contribution in [1.29, 1.82) is 0 Å². The largest absolute Gasteiger partial charge is 0.289 e. The predicted molar refractivity (Wildman–Crippen MR) is 173 cm³/mol. The number of hydrogen-bond acceptors (Lipinski definition) is 3. The van der Waals surface area contributed by atoms with Gasteiger partial charge in [0.2, 0.25) is 0 Å². The van der Waals surface area contributed by atoms with Crippen LogP contribution in [0.3, 0.4) is 0 Å². The van der Waals surface area contributed by atoms with Crippen LogP contribution in [0, 0.1) is 0 Å². The van der Waals surface area contributed by atoms with Crippen molar-refractivity contribution in [1.82, 2.24) is 0 Å². The van der Waals surface area contributed by atoms with Crippen LogP contribution in [0.1, 0.15) is 0 Å². The Labute approximate surface area is 231 Å². The minimum Gasteiger partial charge on any atom is -0.289 e. The summed E-state index contributed by atoms with van der Waals surface area (Å²) in [7, 11) is 0. The van der Waals surface area contributed by atoms with Gasteiger partial charge in [0.1, 0.15) is 0 Å². The van der Waals surface area contributed by atoms with E-state index in [1.807, 2.05) is 42.5 Å². The number of hydrogen-bond donors (Lipinski definition) is 0. The van der Waals surface area contributed by atoms with Crippen LogP contribution in [0.15, 0.2) is 132 Å². The van der Waals surface area contributed by atoms with E-state index >= 15 is 0 Å². The summed E-state index contributed by atoms with van der Waals surface area (Å²) in [6.45, 7) is -2.41. The fourth-order valence-corrected chi connectivity index (χ4v) is 11.9. The Hall–Kier alpha value is -3.75. The molecule has 1 aliphatic carbocycles. The zero-order valence-corrected chi connectivity index (χ0v) is 22.8. The first kappa shape index (κ1) is 23.4. The van der Waals surface area contributed by atoms with E-state index in [4.69, 9.17) is 24.4 Å². The third-order valence-corrected chi connectivity index (χ3v) is 13.0. The highest BCUT2D eigenvalue weighted by Gasteiger charge is 2.42. The van der Waals surface area contributed by atoms with E-state index < -0.39 is 6.89 Å². The third kappa shape index (κ3) is 3.13. The molecular formula is C34H21OPS2. The Morgan fingerprint density at radius 2 is 0.947 bits per heavy atom. The predicted octanol–water partition coefficient (Wildman–Crippen LogP) is 5.58. The van der Waals surface area contributed by atoms with E-state index in [0.29, 0.717) is 14.9 Å². The standard InChI is InChI=1S/C34H21OPS2/c35-31-27-21-11-13-22-12-10-20-26(28(22)27)29(31)30-33(37)32(34(30)38)36(23-14-4-1-5-15-23,24-16-6-2-7-17-24)25-18-8-3-9-19-25/h1-21H. The normalized spacial score (nSPS) is 13.9. The lowest BCUT2D eigenvalue weighted by molar-refractivity contribution is 1.69. The maximum Gasteiger partial charge on any atom is 0.195 e. The van der Waals surface area contributed by atoms with Crippen molar-refractivity contribution in [3.63, 3.8) is 0 Å². The number of thiocarbonyl (C=S) groups is 2. The molecule has 0 spiro atoms. The van der Waals surface area contributed by atoms with Gasteiger partial charge in [0.25, 0.3) is 0 Å². The van der Waals surface area contributed by atoms with Crippen LogP contribution in [0.4, 0.5) is 0 Å². The van der Waals surface area contributed by atoms with Crippen molar-refractivity contribution in [3.05, 3.63) is 143 Å². The van der Waals surface area contributed by atoms with Crippen LogP contribution in [-0.2, 0) is 0 Å². The topological polar surface area (TPSA) is 17.1 Å². The van der Waals surface area contributed by atoms with Gasteiger partial charge in [0.15, 0.2) is 5.43 Å². The van der Waals surface area contributed by atoms with Gasteiger partial charge in [-0.05, 0) is 33.6 Å². The van der Waals surface area contributed by atoms with Gasteiger partial charge in [-0.25, -0.2) is 0 Å². The minimum absolute atomic E-state index is 0.0126. The summed E-state index contributed by atoms with van der Waals surface area (Å²) in [4.78, 5) is 15.2. The molecule has 0 heterocycles. The summed E-state index contributed by atoms with van der Waals surface area (Å²) in [6, 6.07) is 43.7. The molecule has 6 aromatic carbocycles. The maximum absolute atomic E-state index is 13.8. The summed E-state index contributed by atoms with van der Waals surface area (Å²) in [5, 5.41) is 8.99. The summed E-state index contributed by atoms with van der Waals surface area (Å²) in [6.07, 6.45) is 0. The van der Waals surface area contributed by atoms with Crippen molar-refractivity contribution in [2.45, 2.75) is 0 Å². The number of benzene rings is 5. The van der Waals surface area contributed by atoms with Crippen molar-refractivity contribution < 1.29 is 0 Å². The zero-order chi connectivity index (χ0) is 25.9. The first-order valence-electron chi connectivity index (χ1n) is 12.5. The second-order valence-corrected chi connectivity index (χ2v) is 13.6. The summed E-state index contributed by atoms with van der Waals surface area (Å²) in [5.41, 5.74) is 0.768. The molecule has 6 aromatic rings. The maximum atomic E-state index is 13.8.